The van der Waals surface area contributed by atoms with E-state index in [1.165, 1.54) is 32.4 Å². The van der Waals surface area contributed by atoms with E-state index in [-0.39, 0.29) is 22.6 Å². The van der Waals surface area contributed by atoms with Crippen LogP contribution in [0.4, 0.5) is 5.69 Å². The van der Waals surface area contributed by atoms with E-state index < -0.39 is 17.8 Å². The van der Waals surface area contributed by atoms with Crippen molar-refractivity contribution in [2.24, 2.45) is 0 Å². The molecule has 1 amide bonds. The lowest BCUT2D eigenvalue weighted by molar-refractivity contribution is 0.0587. The first-order chi connectivity index (χ1) is 13.3. The Morgan fingerprint density at radius 3 is 2.39 bits per heavy atom. The second-order valence-corrected chi connectivity index (χ2v) is 6.33. The van der Waals surface area contributed by atoms with Crippen molar-refractivity contribution in [2.45, 2.75) is 6.92 Å². The highest BCUT2D eigenvalue weighted by Crippen LogP contribution is 2.29. The molecule has 0 saturated heterocycles. The molecular weight excluding hydrogens is 386 g/mol. The molecule has 3 aromatic rings. The van der Waals surface area contributed by atoms with Gasteiger partial charge in [-0.1, -0.05) is 11.6 Å². The minimum absolute atomic E-state index is 0.0663. The lowest BCUT2D eigenvalue weighted by Gasteiger charge is -2.11. The van der Waals surface area contributed by atoms with Crippen LogP contribution in [0.5, 0.6) is 0 Å². The van der Waals surface area contributed by atoms with Gasteiger partial charge in [0, 0.05) is 16.0 Å². The van der Waals surface area contributed by atoms with Crippen molar-refractivity contribution < 1.29 is 28.3 Å². The third-order valence-corrected chi connectivity index (χ3v) is 4.43. The molecule has 0 spiro atoms. The number of hydrogen-bond donors (Lipinski definition) is 1. The molecule has 1 N–H and O–H groups in total. The predicted molar refractivity (Wildman–Crippen MR) is 103 cm³/mol. The van der Waals surface area contributed by atoms with Crippen molar-refractivity contribution in [3.63, 3.8) is 0 Å². The van der Waals surface area contributed by atoms with Gasteiger partial charge >= 0.3 is 11.9 Å². The van der Waals surface area contributed by atoms with E-state index in [1.54, 1.807) is 25.1 Å². The Morgan fingerprint density at radius 1 is 1.00 bits per heavy atom. The van der Waals surface area contributed by atoms with Gasteiger partial charge < -0.3 is 19.2 Å². The highest BCUT2D eigenvalue weighted by atomic mass is 35.5. The minimum Gasteiger partial charge on any atom is -0.465 e. The van der Waals surface area contributed by atoms with Gasteiger partial charge in [-0.15, -0.1) is 0 Å². The second kappa shape index (κ2) is 7.74. The Kier molecular flexibility index (Phi) is 5.37. The summed E-state index contributed by atoms with van der Waals surface area (Å²) in [6, 6.07) is 9.14. The third-order valence-electron chi connectivity index (χ3n) is 4.20. The highest BCUT2D eigenvalue weighted by Gasteiger charge is 2.22. The average Bonchev–Trinajstić information content (AvgIpc) is 3.02. The number of furan rings is 1. The molecule has 0 unspecified atom stereocenters. The SMILES string of the molecule is COC(=O)c1ccc(C(=O)OC)c(NC(=O)c2oc3ccc(Cl)cc3c2C)c1. The number of methoxy groups -OCH3 is 2. The van der Waals surface area contributed by atoms with E-state index in [0.717, 1.165) is 0 Å². The van der Waals surface area contributed by atoms with E-state index in [0.29, 0.717) is 21.6 Å². The molecule has 0 bridgehead atoms. The number of halogens is 1. The fraction of sp³-hybridized carbons (Fsp3) is 0.150. The quantitative estimate of drug-likeness (QED) is 0.657. The third kappa shape index (κ3) is 3.57. The second-order valence-electron chi connectivity index (χ2n) is 5.89. The maximum Gasteiger partial charge on any atom is 0.339 e. The Morgan fingerprint density at radius 2 is 1.71 bits per heavy atom. The van der Waals surface area contributed by atoms with Gasteiger partial charge in [0.05, 0.1) is 31.0 Å². The molecular formula is C20H16ClNO6. The van der Waals surface area contributed by atoms with Crippen LogP contribution in [0.2, 0.25) is 5.02 Å². The van der Waals surface area contributed by atoms with Gasteiger partial charge in [-0.2, -0.15) is 0 Å². The number of carbonyl (C=O) groups is 3. The molecule has 0 radical (unpaired) electrons. The largest absolute Gasteiger partial charge is 0.465 e. The molecule has 1 heterocycles. The smallest absolute Gasteiger partial charge is 0.339 e. The van der Waals surface area contributed by atoms with Crippen molar-refractivity contribution in [2.75, 3.05) is 19.5 Å². The maximum absolute atomic E-state index is 12.8. The zero-order valence-electron chi connectivity index (χ0n) is 15.3. The van der Waals surface area contributed by atoms with Gasteiger partial charge in [-0.05, 0) is 43.3 Å². The number of fused-ring (bicyclic) bond motifs is 1. The summed E-state index contributed by atoms with van der Waals surface area (Å²) in [6.07, 6.45) is 0. The number of hydrogen-bond acceptors (Lipinski definition) is 6. The molecule has 0 atom stereocenters. The van der Waals surface area contributed by atoms with Crippen LogP contribution in [-0.4, -0.2) is 32.1 Å². The lowest BCUT2D eigenvalue weighted by atomic mass is 10.1. The van der Waals surface area contributed by atoms with Crippen molar-refractivity contribution >= 4 is 46.1 Å². The number of carbonyl (C=O) groups excluding carboxylic acids is 3. The van der Waals surface area contributed by atoms with Crippen molar-refractivity contribution in [3.8, 4) is 0 Å². The van der Waals surface area contributed by atoms with Crippen LogP contribution >= 0.6 is 11.6 Å². The first-order valence-corrected chi connectivity index (χ1v) is 8.54. The predicted octanol–water partition coefficient (Wildman–Crippen LogP) is 4.22. The molecule has 2 aromatic carbocycles. The topological polar surface area (TPSA) is 94.8 Å². The van der Waals surface area contributed by atoms with Gasteiger partial charge in [0.25, 0.3) is 5.91 Å². The lowest BCUT2D eigenvalue weighted by Crippen LogP contribution is -2.16. The van der Waals surface area contributed by atoms with Gasteiger partial charge in [-0.3, -0.25) is 4.79 Å². The minimum atomic E-state index is -0.667. The van der Waals surface area contributed by atoms with Gasteiger partial charge in [-0.25, -0.2) is 9.59 Å². The van der Waals surface area contributed by atoms with Gasteiger partial charge in [0.15, 0.2) is 5.76 Å². The first kappa shape index (κ1) is 19.4. The molecule has 7 nitrogen and oxygen atoms in total. The number of benzene rings is 2. The van der Waals surface area contributed by atoms with Gasteiger partial charge in [0.2, 0.25) is 0 Å². The summed E-state index contributed by atoms with van der Waals surface area (Å²) in [5, 5.41) is 3.82. The Bertz CT molecular complexity index is 1100. The van der Waals surface area contributed by atoms with Crippen molar-refractivity contribution in [1.29, 1.82) is 0 Å². The molecule has 0 saturated carbocycles. The number of rotatable bonds is 4. The van der Waals surface area contributed by atoms with Crippen LogP contribution in [0.3, 0.4) is 0 Å². The number of aryl methyl sites for hydroxylation is 1. The average molecular weight is 402 g/mol. The molecule has 0 aliphatic heterocycles. The number of amides is 1. The summed E-state index contributed by atoms with van der Waals surface area (Å²) in [5.74, 6) is -1.80. The number of nitrogens with one attached hydrogen (secondary N) is 1. The molecule has 1 aromatic heterocycles. The summed E-state index contributed by atoms with van der Waals surface area (Å²) in [5.41, 5.74) is 1.44. The van der Waals surface area contributed by atoms with E-state index in [2.05, 4.69) is 10.1 Å². The molecule has 0 aliphatic rings. The van der Waals surface area contributed by atoms with E-state index >= 15 is 0 Å². The van der Waals surface area contributed by atoms with E-state index in [1.807, 2.05) is 0 Å². The normalized spacial score (nSPS) is 10.6. The molecule has 144 valence electrons. The fourth-order valence-corrected chi connectivity index (χ4v) is 2.94. The molecule has 8 heteroatoms. The number of ether oxygens (including phenoxy) is 2. The number of esters is 2. The maximum atomic E-state index is 12.8. The zero-order chi connectivity index (χ0) is 20.4. The van der Waals surface area contributed by atoms with Crippen LogP contribution in [0.1, 0.15) is 36.8 Å². The van der Waals surface area contributed by atoms with Crippen molar-refractivity contribution in [1.82, 2.24) is 0 Å². The highest BCUT2D eigenvalue weighted by molar-refractivity contribution is 6.31. The standard InChI is InChI=1S/C20H16ClNO6/c1-10-14-9-12(21)5-7-16(14)28-17(10)18(23)22-15-8-11(19(24)26-2)4-6-13(15)20(25)27-3/h4-9H,1-3H3,(H,22,23). The van der Waals surface area contributed by atoms with Crippen LogP contribution < -0.4 is 5.32 Å². The number of anilines is 1. The van der Waals surface area contributed by atoms with Crippen LogP contribution in [-0.2, 0) is 9.47 Å². The fourth-order valence-electron chi connectivity index (χ4n) is 2.77. The zero-order valence-corrected chi connectivity index (χ0v) is 16.0. The summed E-state index contributed by atoms with van der Waals surface area (Å²) >= 11 is 6.00. The van der Waals surface area contributed by atoms with Crippen LogP contribution in [0.25, 0.3) is 11.0 Å². The van der Waals surface area contributed by atoms with Crippen molar-refractivity contribution in [3.05, 3.63) is 63.9 Å². The molecule has 28 heavy (non-hydrogen) atoms. The Labute approximate surface area is 165 Å². The van der Waals surface area contributed by atoms with Gasteiger partial charge in [0.1, 0.15) is 5.58 Å². The summed E-state index contributed by atoms with van der Waals surface area (Å²) in [6.45, 7) is 1.73. The summed E-state index contributed by atoms with van der Waals surface area (Å²) in [4.78, 5) is 36.6. The first-order valence-electron chi connectivity index (χ1n) is 8.16. The molecule has 0 aliphatic carbocycles. The van der Waals surface area contributed by atoms with E-state index in [9.17, 15) is 14.4 Å². The monoisotopic (exact) mass is 401 g/mol. The molecule has 3 rings (SSSR count). The van der Waals surface area contributed by atoms with Crippen LogP contribution in [0, 0.1) is 6.92 Å². The Balaban J connectivity index is 2.02. The summed E-state index contributed by atoms with van der Waals surface area (Å²) in [7, 11) is 2.45. The summed E-state index contributed by atoms with van der Waals surface area (Å²) < 4.78 is 15.0. The molecule has 0 fully saturated rings. The van der Waals surface area contributed by atoms with Crippen LogP contribution in [0.15, 0.2) is 40.8 Å². The van der Waals surface area contributed by atoms with E-state index in [4.69, 9.17) is 20.8 Å². The Hall–Kier alpha value is -3.32.